The Balaban J connectivity index is 2.05. The van der Waals surface area contributed by atoms with Crippen LogP contribution in [0.15, 0.2) is 54.6 Å². The molecule has 0 bridgehead atoms. The van der Waals surface area contributed by atoms with Crippen LogP contribution in [0.2, 0.25) is 0 Å². The van der Waals surface area contributed by atoms with Gasteiger partial charge in [-0.3, -0.25) is 0 Å². The average Bonchev–Trinajstić information content (AvgIpc) is 2.98. The Morgan fingerprint density at radius 3 is 1.96 bits per heavy atom. The van der Waals surface area contributed by atoms with Crippen LogP contribution in [0.4, 0.5) is 0 Å². The van der Waals surface area contributed by atoms with Crippen molar-refractivity contribution in [2.45, 2.75) is 52.7 Å². The summed E-state index contributed by atoms with van der Waals surface area (Å²) in [7, 11) is -0.430. The molecule has 0 aliphatic heterocycles. The van der Waals surface area contributed by atoms with Gasteiger partial charge in [-0.25, -0.2) is 0 Å². The maximum Gasteiger partial charge on any atom is 0.496 e. The Morgan fingerprint density at radius 2 is 1.32 bits per heavy atom. The molecule has 4 rings (SSSR count). The molecule has 144 valence electrons. The summed E-state index contributed by atoms with van der Waals surface area (Å²) < 4.78 is 15.4. The summed E-state index contributed by atoms with van der Waals surface area (Å²) in [6.45, 7) is 12.5. The van der Waals surface area contributed by atoms with Crippen LogP contribution in [0.3, 0.4) is 0 Å². The van der Waals surface area contributed by atoms with Gasteiger partial charge in [-0.05, 0) is 58.4 Å². The van der Waals surface area contributed by atoms with E-state index in [0.717, 1.165) is 5.46 Å². The summed E-state index contributed by atoms with van der Waals surface area (Å²) in [5.41, 5.74) is 0.481. The third-order valence-corrected chi connectivity index (χ3v) is 5.79. The van der Waals surface area contributed by atoms with E-state index in [-0.39, 0.29) is 11.2 Å². The molecule has 0 radical (unpaired) electrons. The number of benzene rings is 3. The Labute approximate surface area is 171 Å². The number of rotatable bonds is 3. The van der Waals surface area contributed by atoms with Crippen molar-refractivity contribution >= 4 is 54.9 Å². The first-order valence-corrected chi connectivity index (χ1v) is 10.6. The highest BCUT2D eigenvalue weighted by molar-refractivity contribution is 7.27. The molecule has 0 aliphatic rings. The van der Waals surface area contributed by atoms with Crippen LogP contribution in [-0.2, 0) is 9.31 Å². The standard InChI is InChI=1S/C24H27BO2S/c1-23(2,3)26-25(27-24(4,5)6)19-15-16-11-7-8-12-17(16)21-18-13-9-10-14-20(18)28-22(19)21/h7-15H,1-6H3. The van der Waals surface area contributed by atoms with E-state index in [1.165, 1.54) is 30.9 Å². The normalized spacial score (nSPS) is 12.9. The summed E-state index contributed by atoms with van der Waals surface area (Å²) in [6.07, 6.45) is 0. The third-order valence-electron chi connectivity index (χ3n) is 4.57. The Kier molecular flexibility index (Phi) is 4.77. The largest absolute Gasteiger partial charge is 0.496 e. The molecule has 0 unspecified atom stereocenters. The topological polar surface area (TPSA) is 18.5 Å². The molecule has 0 N–H and O–H groups in total. The van der Waals surface area contributed by atoms with E-state index in [9.17, 15) is 0 Å². The fraction of sp³-hybridized carbons (Fsp3) is 0.333. The highest BCUT2D eigenvalue weighted by Crippen LogP contribution is 2.38. The van der Waals surface area contributed by atoms with E-state index >= 15 is 0 Å². The zero-order valence-corrected chi connectivity index (χ0v) is 18.3. The SMILES string of the molecule is CC(C)(C)OB(OC(C)(C)C)c1cc2ccccc2c2c1sc1ccccc12. The fourth-order valence-corrected chi connectivity index (χ4v) is 4.81. The Hall–Kier alpha value is -1.88. The van der Waals surface area contributed by atoms with Crippen LogP contribution in [0, 0.1) is 0 Å². The molecule has 1 heterocycles. The van der Waals surface area contributed by atoms with Crippen LogP contribution >= 0.6 is 11.3 Å². The lowest BCUT2D eigenvalue weighted by atomic mass is 9.75. The molecule has 4 aromatic rings. The molecule has 1 aromatic heterocycles. The number of hydrogen-bond acceptors (Lipinski definition) is 3. The van der Waals surface area contributed by atoms with E-state index in [4.69, 9.17) is 9.31 Å². The minimum Gasteiger partial charge on any atom is -0.403 e. The molecule has 0 spiro atoms. The molecule has 0 saturated carbocycles. The zero-order valence-electron chi connectivity index (χ0n) is 17.5. The van der Waals surface area contributed by atoms with Gasteiger partial charge in [0.05, 0.1) is 0 Å². The van der Waals surface area contributed by atoms with Gasteiger partial charge in [0, 0.05) is 36.8 Å². The highest BCUT2D eigenvalue weighted by atomic mass is 32.1. The smallest absolute Gasteiger partial charge is 0.403 e. The first kappa shape index (κ1) is 19.4. The predicted molar refractivity (Wildman–Crippen MR) is 124 cm³/mol. The fourth-order valence-electron chi connectivity index (χ4n) is 3.57. The second-order valence-corrected chi connectivity index (χ2v) is 10.3. The minimum absolute atomic E-state index is 0.315. The van der Waals surface area contributed by atoms with Crippen LogP contribution in [0.25, 0.3) is 30.9 Å². The number of hydrogen-bond donors (Lipinski definition) is 0. The number of thiophene rings is 1. The van der Waals surface area contributed by atoms with Crippen molar-refractivity contribution < 1.29 is 9.31 Å². The van der Waals surface area contributed by atoms with E-state index < -0.39 is 7.12 Å². The van der Waals surface area contributed by atoms with Gasteiger partial charge in [0.1, 0.15) is 0 Å². The summed E-state index contributed by atoms with van der Waals surface area (Å²) in [4.78, 5) is 0. The molecule has 0 atom stereocenters. The van der Waals surface area contributed by atoms with Crippen molar-refractivity contribution in [3.8, 4) is 0 Å². The Morgan fingerprint density at radius 1 is 0.750 bits per heavy atom. The Bertz CT molecular complexity index is 1130. The van der Waals surface area contributed by atoms with Gasteiger partial charge < -0.3 is 9.31 Å². The lowest BCUT2D eigenvalue weighted by molar-refractivity contribution is 0.0410. The number of fused-ring (bicyclic) bond motifs is 5. The van der Waals surface area contributed by atoms with Gasteiger partial charge in [-0.15, -0.1) is 11.3 Å². The van der Waals surface area contributed by atoms with Crippen LogP contribution in [-0.4, -0.2) is 18.3 Å². The van der Waals surface area contributed by atoms with E-state index in [1.807, 2.05) is 11.3 Å². The predicted octanol–water partition coefficient (Wildman–Crippen LogP) is 6.53. The molecular weight excluding hydrogens is 363 g/mol. The van der Waals surface area contributed by atoms with Crippen molar-refractivity contribution in [2.24, 2.45) is 0 Å². The van der Waals surface area contributed by atoms with Crippen molar-refractivity contribution in [3.05, 3.63) is 54.6 Å². The molecule has 0 fully saturated rings. The zero-order chi connectivity index (χ0) is 20.1. The van der Waals surface area contributed by atoms with Gasteiger partial charge in [0.2, 0.25) is 0 Å². The molecular formula is C24H27BO2S. The van der Waals surface area contributed by atoms with Gasteiger partial charge in [0.15, 0.2) is 0 Å². The van der Waals surface area contributed by atoms with Crippen molar-refractivity contribution in [3.63, 3.8) is 0 Å². The monoisotopic (exact) mass is 390 g/mol. The van der Waals surface area contributed by atoms with Crippen molar-refractivity contribution in [1.29, 1.82) is 0 Å². The average molecular weight is 390 g/mol. The first-order chi connectivity index (χ1) is 13.1. The maximum absolute atomic E-state index is 6.44. The lowest BCUT2D eigenvalue weighted by Gasteiger charge is -2.31. The second kappa shape index (κ2) is 6.87. The molecule has 2 nitrogen and oxygen atoms in total. The van der Waals surface area contributed by atoms with E-state index in [2.05, 4.69) is 96.1 Å². The third kappa shape index (κ3) is 3.82. The highest BCUT2D eigenvalue weighted by Gasteiger charge is 2.34. The minimum atomic E-state index is -0.430. The second-order valence-electron chi connectivity index (χ2n) is 9.28. The lowest BCUT2D eigenvalue weighted by Crippen LogP contribution is -2.47. The van der Waals surface area contributed by atoms with Crippen LogP contribution in [0.1, 0.15) is 41.5 Å². The summed E-state index contributed by atoms with van der Waals surface area (Å²) in [5, 5.41) is 5.09. The molecule has 0 aliphatic carbocycles. The van der Waals surface area contributed by atoms with Crippen molar-refractivity contribution in [1.82, 2.24) is 0 Å². The maximum atomic E-state index is 6.44. The molecule has 28 heavy (non-hydrogen) atoms. The molecule has 0 saturated heterocycles. The molecule has 3 aromatic carbocycles. The van der Waals surface area contributed by atoms with E-state index in [0.29, 0.717) is 0 Å². The summed E-state index contributed by atoms with van der Waals surface area (Å²) >= 11 is 1.82. The van der Waals surface area contributed by atoms with Gasteiger partial charge >= 0.3 is 7.12 Å². The molecule has 4 heteroatoms. The quantitative estimate of drug-likeness (QED) is 0.370. The van der Waals surface area contributed by atoms with Crippen LogP contribution < -0.4 is 5.46 Å². The van der Waals surface area contributed by atoms with E-state index in [1.54, 1.807) is 0 Å². The first-order valence-electron chi connectivity index (χ1n) is 9.81. The summed E-state index contributed by atoms with van der Waals surface area (Å²) in [6, 6.07) is 19.5. The van der Waals surface area contributed by atoms with Gasteiger partial charge in [-0.2, -0.15) is 0 Å². The van der Waals surface area contributed by atoms with Gasteiger partial charge in [-0.1, -0.05) is 48.5 Å². The molecule has 0 amide bonds. The van der Waals surface area contributed by atoms with Crippen LogP contribution in [0.5, 0.6) is 0 Å². The summed E-state index contributed by atoms with van der Waals surface area (Å²) in [5.74, 6) is 0. The van der Waals surface area contributed by atoms with Gasteiger partial charge in [0.25, 0.3) is 0 Å². The van der Waals surface area contributed by atoms with Crippen molar-refractivity contribution in [2.75, 3.05) is 0 Å².